The Morgan fingerprint density at radius 2 is 2.00 bits per heavy atom. The van der Waals surface area contributed by atoms with Gasteiger partial charge >= 0.3 is 0 Å². The zero-order valence-corrected chi connectivity index (χ0v) is 11.9. The third-order valence-electron chi connectivity index (χ3n) is 3.57. The van der Waals surface area contributed by atoms with Crippen LogP contribution in [0, 0.1) is 0 Å². The molecule has 0 radical (unpaired) electrons. The van der Waals surface area contributed by atoms with Crippen LogP contribution in [0.3, 0.4) is 0 Å². The number of aromatic amines is 1. The molecular weight excluding hydrogens is 274 g/mol. The molecule has 0 spiro atoms. The first kappa shape index (κ1) is 13.2. The number of nitrogens with one attached hydrogen (secondary N) is 1. The van der Waals surface area contributed by atoms with Crippen LogP contribution in [0.5, 0.6) is 0 Å². The molecule has 1 aromatic carbocycles. The third-order valence-corrected chi connectivity index (χ3v) is 3.81. The molecule has 20 heavy (non-hydrogen) atoms. The maximum atomic E-state index is 12.3. The third kappa shape index (κ3) is 2.70. The molecule has 3 rings (SSSR count). The van der Waals surface area contributed by atoms with Gasteiger partial charge in [-0.1, -0.05) is 23.7 Å². The van der Waals surface area contributed by atoms with Crippen LogP contribution in [-0.4, -0.2) is 34.1 Å². The number of halogens is 1. The molecule has 1 N–H and O–H groups in total. The minimum atomic E-state index is 0.0329. The number of nitrogens with zero attached hydrogens (tertiary/aromatic N) is 2. The number of hydrogen-bond acceptors (Lipinski definition) is 2. The van der Waals surface area contributed by atoms with Crippen LogP contribution in [0.25, 0.3) is 11.3 Å². The highest BCUT2D eigenvalue weighted by atomic mass is 35.5. The maximum absolute atomic E-state index is 12.3. The van der Waals surface area contributed by atoms with E-state index in [-0.39, 0.29) is 5.91 Å². The van der Waals surface area contributed by atoms with Gasteiger partial charge in [0.25, 0.3) is 5.91 Å². The van der Waals surface area contributed by atoms with Crippen LogP contribution in [0.2, 0.25) is 5.02 Å². The highest BCUT2D eigenvalue weighted by Crippen LogP contribution is 2.22. The summed E-state index contributed by atoms with van der Waals surface area (Å²) in [5.74, 6) is 0.0329. The van der Waals surface area contributed by atoms with Gasteiger partial charge in [-0.2, -0.15) is 5.10 Å². The summed E-state index contributed by atoms with van der Waals surface area (Å²) in [4.78, 5) is 14.2. The molecule has 1 aliphatic heterocycles. The molecule has 1 fully saturated rings. The number of amides is 1. The molecule has 0 aliphatic carbocycles. The van der Waals surface area contributed by atoms with E-state index in [0.717, 1.165) is 37.2 Å². The lowest BCUT2D eigenvalue weighted by molar-refractivity contribution is 0.0718. The molecule has 2 heterocycles. The molecule has 1 aliphatic rings. The second kappa shape index (κ2) is 5.67. The predicted molar refractivity (Wildman–Crippen MR) is 78.8 cm³/mol. The monoisotopic (exact) mass is 289 g/mol. The molecular formula is C15H16ClN3O. The van der Waals surface area contributed by atoms with Crippen molar-refractivity contribution in [3.63, 3.8) is 0 Å². The number of aromatic nitrogens is 2. The fourth-order valence-electron chi connectivity index (χ4n) is 2.49. The second-order valence-corrected chi connectivity index (χ2v) is 5.47. The molecule has 104 valence electrons. The predicted octanol–water partition coefficient (Wildman–Crippen LogP) is 3.36. The van der Waals surface area contributed by atoms with Crippen molar-refractivity contribution in [1.82, 2.24) is 15.1 Å². The zero-order chi connectivity index (χ0) is 13.9. The van der Waals surface area contributed by atoms with Crippen molar-refractivity contribution in [2.75, 3.05) is 13.1 Å². The summed E-state index contributed by atoms with van der Waals surface area (Å²) in [5, 5.41) is 7.71. The number of benzene rings is 1. The summed E-state index contributed by atoms with van der Waals surface area (Å²) < 4.78 is 0. The number of piperidine rings is 1. The Labute approximate surface area is 122 Å². The Kier molecular flexibility index (Phi) is 3.74. The standard InChI is InChI=1S/C15H16ClN3O/c16-12-6-4-5-11(9-12)13-10-14(18-17-13)15(20)19-7-2-1-3-8-19/h4-6,9-10H,1-3,7-8H2,(H,17,18). The van der Waals surface area contributed by atoms with Gasteiger partial charge in [0.15, 0.2) is 0 Å². The van der Waals surface area contributed by atoms with Gasteiger partial charge in [-0.05, 0) is 37.5 Å². The molecule has 4 nitrogen and oxygen atoms in total. The van der Waals surface area contributed by atoms with Gasteiger partial charge in [0.2, 0.25) is 0 Å². The fourth-order valence-corrected chi connectivity index (χ4v) is 2.68. The number of likely N-dealkylation sites (tertiary alicyclic amines) is 1. The van der Waals surface area contributed by atoms with Gasteiger partial charge in [0.1, 0.15) is 5.69 Å². The molecule has 5 heteroatoms. The fraction of sp³-hybridized carbons (Fsp3) is 0.333. The van der Waals surface area contributed by atoms with Crippen LogP contribution < -0.4 is 0 Å². The maximum Gasteiger partial charge on any atom is 0.271 e. The van der Waals surface area contributed by atoms with Crippen molar-refractivity contribution < 1.29 is 4.79 Å². The number of hydrogen-bond donors (Lipinski definition) is 1. The lowest BCUT2D eigenvalue weighted by atomic mass is 10.1. The van der Waals surface area contributed by atoms with E-state index in [1.54, 1.807) is 6.07 Å². The van der Waals surface area contributed by atoms with Crippen LogP contribution in [0.15, 0.2) is 30.3 Å². The van der Waals surface area contributed by atoms with E-state index >= 15 is 0 Å². The summed E-state index contributed by atoms with van der Waals surface area (Å²) in [6.07, 6.45) is 3.38. The SMILES string of the molecule is O=C(c1cc(-c2cccc(Cl)c2)n[nH]1)N1CCCCC1. The summed E-state index contributed by atoms with van der Waals surface area (Å²) in [6, 6.07) is 9.25. The molecule has 1 aromatic heterocycles. The average Bonchev–Trinajstić information content (AvgIpc) is 2.97. The smallest absolute Gasteiger partial charge is 0.271 e. The molecule has 0 atom stereocenters. The Bertz CT molecular complexity index is 617. The Balaban J connectivity index is 1.81. The highest BCUT2D eigenvalue weighted by molar-refractivity contribution is 6.30. The van der Waals surface area contributed by atoms with Crippen molar-refractivity contribution in [3.8, 4) is 11.3 Å². The number of H-pyrrole nitrogens is 1. The Hall–Kier alpha value is -1.81. The normalized spacial score (nSPS) is 15.3. The molecule has 2 aromatic rings. The molecule has 0 saturated carbocycles. The summed E-state index contributed by atoms with van der Waals surface area (Å²) >= 11 is 5.97. The van der Waals surface area contributed by atoms with Crippen LogP contribution in [-0.2, 0) is 0 Å². The van der Waals surface area contributed by atoms with E-state index in [4.69, 9.17) is 11.6 Å². The van der Waals surface area contributed by atoms with E-state index in [1.165, 1.54) is 6.42 Å². The van der Waals surface area contributed by atoms with Gasteiger partial charge in [-0.15, -0.1) is 0 Å². The lowest BCUT2D eigenvalue weighted by Gasteiger charge is -2.25. The van der Waals surface area contributed by atoms with E-state index in [2.05, 4.69) is 10.2 Å². The zero-order valence-electron chi connectivity index (χ0n) is 11.1. The van der Waals surface area contributed by atoms with Crippen molar-refractivity contribution in [3.05, 3.63) is 41.0 Å². The van der Waals surface area contributed by atoms with Gasteiger partial charge in [0.05, 0.1) is 5.69 Å². The second-order valence-electron chi connectivity index (χ2n) is 5.03. The van der Waals surface area contributed by atoms with E-state index in [9.17, 15) is 4.79 Å². The summed E-state index contributed by atoms with van der Waals surface area (Å²) in [5.41, 5.74) is 2.20. The minimum absolute atomic E-state index is 0.0329. The van der Waals surface area contributed by atoms with Gasteiger partial charge in [0, 0.05) is 23.7 Å². The summed E-state index contributed by atoms with van der Waals surface area (Å²) in [6.45, 7) is 1.68. The van der Waals surface area contributed by atoms with Gasteiger partial charge in [-0.3, -0.25) is 9.89 Å². The number of carbonyl (C=O) groups is 1. The Morgan fingerprint density at radius 3 is 2.75 bits per heavy atom. The van der Waals surface area contributed by atoms with Gasteiger partial charge in [-0.25, -0.2) is 0 Å². The lowest BCUT2D eigenvalue weighted by Crippen LogP contribution is -2.35. The van der Waals surface area contributed by atoms with Crippen LogP contribution in [0.4, 0.5) is 0 Å². The first-order valence-electron chi connectivity index (χ1n) is 6.85. The van der Waals surface area contributed by atoms with Gasteiger partial charge < -0.3 is 4.90 Å². The van der Waals surface area contributed by atoms with Crippen LogP contribution >= 0.6 is 11.6 Å². The first-order valence-corrected chi connectivity index (χ1v) is 7.22. The highest BCUT2D eigenvalue weighted by Gasteiger charge is 2.20. The van der Waals surface area contributed by atoms with Crippen molar-refractivity contribution in [2.24, 2.45) is 0 Å². The first-order chi connectivity index (χ1) is 9.74. The Morgan fingerprint density at radius 1 is 1.20 bits per heavy atom. The molecule has 1 saturated heterocycles. The van der Waals surface area contributed by atoms with E-state index in [1.807, 2.05) is 29.2 Å². The largest absolute Gasteiger partial charge is 0.337 e. The topological polar surface area (TPSA) is 49.0 Å². The number of rotatable bonds is 2. The summed E-state index contributed by atoms with van der Waals surface area (Å²) in [7, 11) is 0. The molecule has 0 bridgehead atoms. The van der Waals surface area contributed by atoms with Crippen LogP contribution in [0.1, 0.15) is 29.8 Å². The van der Waals surface area contributed by atoms with E-state index < -0.39 is 0 Å². The average molecular weight is 290 g/mol. The van der Waals surface area contributed by atoms with Crippen molar-refractivity contribution >= 4 is 17.5 Å². The quantitative estimate of drug-likeness (QED) is 0.921. The molecule has 0 unspecified atom stereocenters. The van der Waals surface area contributed by atoms with E-state index in [0.29, 0.717) is 10.7 Å². The minimum Gasteiger partial charge on any atom is -0.337 e. The van der Waals surface area contributed by atoms with Crippen molar-refractivity contribution in [2.45, 2.75) is 19.3 Å². The molecule has 1 amide bonds. The number of carbonyl (C=O) groups excluding carboxylic acids is 1. The van der Waals surface area contributed by atoms with Crippen molar-refractivity contribution in [1.29, 1.82) is 0 Å².